The quantitative estimate of drug-likeness (QED) is 0.130. The first kappa shape index (κ1) is 30.3. The van der Waals surface area contributed by atoms with E-state index in [4.69, 9.17) is 37.1 Å². The zero-order valence-corrected chi connectivity index (χ0v) is 25.7. The largest absolute Gasteiger partial charge is 0.494 e. The third-order valence-corrected chi connectivity index (χ3v) is 8.09. The number of carbonyl (C=O) groups excluding carboxylic acids is 1. The number of allylic oxidation sites excluding steroid dienone is 1. The molecule has 0 fully saturated rings. The monoisotopic (exact) mass is 641 g/mol. The predicted octanol–water partition coefficient (Wildman–Crippen LogP) is 6.06. The fourth-order valence-electron chi connectivity index (χ4n) is 4.66. The highest BCUT2D eigenvalue weighted by Crippen LogP contribution is 2.37. The van der Waals surface area contributed by atoms with Gasteiger partial charge in [0.2, 0.25) is 0 Å². The van der Waals surface area contributed by atoms with Crippen LogP contribution in [0.3, 0.4) is 0 Å². The van der Waals surface area contributed by atoms with Crippen LogP contribution >= 0.6 is 34.5 Å². The maximum Gasteiger partial charge on any atom is 0.338 e. The number of aromatic nitrogens is 1. The van der Waals surface area contributed by atoms with Crippen molar-refractivity contribution in [1.82, 2.24) is 4.57 Å². The Hall–Kier alpha value is -4.19. The minimum absolute atomic E-state index is 0.0861. The Morgan fingerprint density at radius 3 is 2.56 bits per heavy atom. The first-order chi connectivity index (χ1) is 20.5. The van der Waals surface area contributed by atoms with E-state index in [0.29, 0.717) is 50.0 Å². The van der Waals surface area contributed by atoms with E-state index < -0.39 is 16.9 Å². The van der Waals surface area contributed by atoms with E-state index >= 15 is 0 Å². The lowest BCUT2D eigenvalue weighted by Gasteiger charge is -2.25. The van der Waals surface area contributed by atoms with Crippen LogP contribution in [-0.4, -0.2) is 28.2 Å². The van der Waals surface area contributed by atoms with Crippen molar-refractivity contribution >= 4 is 52.3 Å². The van der Waals surface area contributed by atoms with Crippen LogP contribution in [0.5, 0.6) is 5.75 Å². The molecule has 3 heterocycles. The smallest absolute Gasteiger partial charge is 0.338 e. The van der Waals surface area contributed by atoms with Gasteiger partial charge in [0, 0.05) is 17.7 Å². The fourth-order valence-corrected chi connectivity index (χ4v) is 6.17. The Bertz CT molecular complexity index is 1960. The molecule has 1 atom stereocenters. The molecule has 0 aliphatic carbocycles. The van der Waals surface area contributed by atoms with E-state index in [1.807, 2.05) is 19.1 Å². The number of thiazole rings is 1. The number of nitro benzene ring substituents is 1. The molecule has 222 valence electrons. The molecule has 0 saturated heterocycles. The van der Waals surface area contributed by atoms with Gasteiger partial charge in [-0.25, -0.2) is 9.79 Å². The zero-order valence-electron chi connectivity index (χ0n) is 23.4. The molecule has 10 nitrogen and oxygen atoms in total. The highest BCUT2D eigenvalue weighted by molar-refractivity contribution is 7.07. The van der Waals surface area contributed by atoms with Gasteiger partial charge in [0.15, 0.2) is 4.80 Å². The number of carbonyl (C=O) groups is 1. The lowest BCUT2D eigenvalue weighted by Crippen LogP contribution is -2.40. The van der Waals surface area contributed by atoms with Crippen LogP contribution in [0.15, 0.2) is 74.0 Å². The molecule has 2 aromatic heterocycles. The number of nitro groups is 1. The molecule has 1 aliphatic rings. The first-order valence-corrected chi connectivity index (χ1v) is 14.8. The van der Waals surface area contributed by atoms with Crippen LogP contribution in [0.4, 0.5) is 5.69 Å². The van der Waals surface area contributed by atoms with Crippen LogP contribution in [0, 0.1) is 10.1 Å². The van der Waals surface area contributed by atoms with Gasteiger partial charge in [-0.05, 0) is 63.6 Å². The summed E-state index contributed by atoms with van der Waals surface area (Å²) < 4.78 is 18.8. The number of rotatable bonds is 8. The maximum atomic E-state index is 13.9. The van der Waals surface area contributed by atoms with Crippen molar-refractivity contribution in [3.63, 3.8) is 0 Å². The normalized spacial score (nSPS) is 15.0. The Balaban J connectivity index is 1.60. The lowest BCUT2D eigenvalue weighted by molar-refractivity contribution is -0.384. The molecule has 0 saturated carbocycles. The summed E-state index contributed by atoms with van der Waals surface area (Å²) >= 11 is 13.5. The number of ether oxygens (including phenoxy) is 2. The highest BCUT2D eigenvalue weighted by Gasteiger charge is 2.34. The molecule has 0 spiro atoms. The number of hydrogen-bond donors (Lipinski definition) is 0. The van der Waals surface area contributed by atoms with E-state index in [1.165, 1.54) is 10.6 Å². The van der Waals surface area contributed by atoms with E-state index in [1.54, 1.807) is 51.1 Å². The van der Waals surface area contributed by atoms with Crippen molar-refractivity contribution < 1.29 is 23.6 Å². The molecule has 43 heavy (non-hydrogen) atoms. The Labute approximate surface area is 259 Å². The minimum atomic E-state index is -0.784. The van der Waals surface area contributed by atoms with Crippen LogP contribution in [0.25, 0.3) is 17.4 Å². The van der Waals surface area contributed by atoms with Crippen molar-refractivity contribution in [3.05, 3.63) is 111 Å². The number of fused-ring (bicyclic) bond motifs is 1. The SMILES string of the molecule is CCOc1ccc([C@@H]2C(C(=O)OC(C)C)=C(C)N=c3s/c(=C/c4ccc(-c5cc(Cl)c([N+](=O)[O-])cc5Cl)o4)c(=O)n32)cc1. The van der Waals surface area contributed by atoms with Gasteiger partial charge in [-0.3, -0.25) is 19.5 Å². The van der Waals surface area contributed by atoms with Crippen LogP contribution < -0.4 is 19.6 Å². The summed E-state index contributed by atoms with van der Waals surface area (Å²) in [6.45, 7) is 7.61. The van der Waals surface area contributed by atoms with Crippen molar-refractivity contribution in [2.75, 3.05) is 6.61 Å². The average Bonchev–Trinajstić information content (AvgIpc) is 3.53. The van der Waals surface area contributed by atoms with Crippen molar-refractivity contribution in [2.24, 2.45) is 4.99 Å². The van der Waals surface area contributed by atoms with Gasteiger partial charge in [0.25, 0.3) is 11.2 Å². The number of halogens is 2. The summed E-state index contributed by atoms with van der Waals surface area (Å²) in [4.78, 5) is 42.7. The molecule has 0 bridgehead atoms. The third-order valence-electron chi connectivity index (χ3n) is 6.49. The molecule has 5 rings (SSSR count). The van der Waals surface area contributed by atoms with Crippen LogP contribution in [0.1, 0.15) is 45.1 Å². The van der Waals surface area contributed by atoms with Crippen LogP contribution in [-0.2, 0) is 9.53 Å². The second-order valence-electron chi connectivity index (χ2n) is 9.78. The topological polar surface area (TPSA) is 126 Å². The molecule has 2 aromatic carbocycles. The lowest BCUT2D eigenvalue weighted by atomic mass is 9.96. The van der Waals surface area contributed by atoms with E-state index in [0.717, 1.165) is 17.4 Å². The summed E-state index contributed by atoms with van der Waals surface area (Å²) in [6, 6.07) is 12.2. The van der Waals surface area contributed by atoms with E-state index in [9.17, 15) is 19.7 Å². The van der Waals surface area contributed by atoms with Gasteiger partial charge in [-0.15, -0.1) is 0 Å². The van der Waals surface area contributed by atoms with Gasteiger partial charge >= 0.3 is 5.97 Å². The van der Waals surface area contributed by atoms with Gasteiger partial charge in [-0.2, -0.15) is 0 Å². The standard InChI is InChI=1S/C30H25Cl2N3O7S/c1-5-40-18-8-6-17(7-9-18)27-26(29(37)41-15(2)3)16(4)33-30-34(27)28(36)25(43-30)12-19-10-11-24(42-19)20-13-22(32)23(35(38)39)14-21(20)31/h6-15,27H,5H2,1-4H3/b25-12+/t27-/m1/s1. The Kier molecular flexibility index (Phi) is 8.59. The number of nitrogens with zero attached hydrogens (tertiary/aromatic N) is 3. The van der Waals surface area contributed by atoms with Gasteiger partial charge in [0.1, 0.15) is 22.3 Å². The maximum absolute atomic E-state index is 13.9. The summed E-state index contributed by atoms with van der Waals surface area (Å²) in [5.74, 6) is 0.744. The number of furan rings is 1. The summed E-state index contributed by atoms with van der Waals surface area (Å²) in [5, 5.41) is 11.2. The third kappa shape index (κ3) is 6.01. The Morgan fingerprint density at radius 1 is 1.19 bits per heavy atom. The molecule has 1 aliphatic heterocycles. The van der Waals surface area contributed by atoms with E-state index in [-0.39, 0.29) is 33.0 Å². The van der Waals surface area contributed by atoms with Gasteiger partial charge in [0.05, 0.1) is 44.5 Å². The van der Waals surface area contributed by atoms with E-state index in [2.05, 4.69) is 4.99 Å². The van der Waals surface area contributed by atoms with Crippen molar-refractivity contribution in [2.45, 2.75) is 39.8 Å². The van der Waals surface area contributed by atoms with Crippen molar-refractivity contribution in [1.29, 1.82) is 0 Å². The van der Waals surface area contributed by atoms with Crippen LogP contribution in [0.2, 0.25) is 10.0 Å². The average molecular weight is 643 g/mol. The number of esters is 1. The molecular formula is C30H25Cl2N3O7S. The fraction of sp³-hybridized carbons (Fsp3) is 0.233. The zero-order chi connectivity index (χ0) is 31.0. The first-order valence-electron chi connectivity index (χ1n) is 13.2. The molecular weight excluding hydrogens is 617 g/mol. The Morgan fingerprint density at radius 2 is 1.91 bits per heavy atom. The second-order valence-corrected chi connectivity index (χ2v) is 11.6. The summed E-state index contributed by atoms with van der Waals surface area (Å²) in [5.41, 5.74) is 1.06. The predicted molar refractivity (Wildman–Crippen MR) is 163 cm³/mol. The highest BCUT2D eigenvalue weighted by atomic mass is 35.5. The summed E-state index contributed by atoms with van der Waals surface area (Å²) in [7, 11) is 0. The molecule has 0 N–H and O–H groups in total. The molecule has 0 radical (unpaired) electrons. The molecule has 0 unspecified atom stereocenters. The molecule has 13 heteroatoms. The van der Waals surface area contributed by atoms with Crippen molar-refractivity contribution in [3.8, 4) is 17.1 Å². The molecule has 0 amide bonds. The van der Waals surface area contributed by atoms with Gasteiger partial charge < -0.3 is 13.9 Å². The second kappa shape index (κ2) is 12.2. The van der Waals surface area contributed by atoms with Gasteiger partial charge in [-0.1, -0.05) is 46.7 Å². The number of hydrogen-bond acceptors (Lipinski definition) is 9. The minimum Gasteiger partial charge on any atom is -0.494 e. The molecule has 4 aromatic rings. The summed E-state index contributed by atoms with van der Waals surface area (Å²) in [6.07, 6.45) is 1.19. The number of benzene rings is 2.